The summed E-state index contributed by atoms with van der Waals surface area (Å²) in [6.45, 7) is 0.422. The fourth-order valence-electron chi connectivity index (χ4n) is 1.90. The van der Waals surface area contributed by atoms with Crippen LogP contribution in [0.5, 0.6) is 0 Å². The maximum atomic E-state index is 11.2. The number of esters is 1. The van der Waals surface area contributed by atoms with Crippen LogP contribution in [0.4, 0.5) is 0 Å². The van der Waals surface area contributed by atoms with E-state index in [-0.39, 0.29) is 5.97 Å². The number of carbonyl (C=O) groups is 1. The summed E-state index contributed by atoms with van der Waals surface area (Å²) in [5.41, 5.74) is 2.99. The zero-order valence-corrected chi connectivity index (χ0v) is 11.5. The van der Waals surface area contributed by atoms with Crippen molar-refractivity contribution in [2.24, 2.45) is 4.99 Å². The number of hydrogen-bond donors (Lipinski definition) is 0. The minimum Gasteiger partial charge on any atom is -0.469 e. The maximum absolute atomic E-state index is 11.2. The molecule has 102 valence electrons. The molecule has 0 spiro atoms. The van der Waals surface area contributed by atoms with Crippen LogP contribution in [0.1, 0.15) is 17.5 Å². The van der Waals surface area contributed by atoms with E-state index >= 15 is 0 Å². The Bertz CT molecular complexity index is 535. The van der Waals surface area contributed by atoms with Gasteiger partial charge >= 0.3 is 5.97 Å². The van der Waals surface area contributed by atoms with Gasteiger partial charge in [0.25, 0.3) is 0 Å². The van der Waals surface area contributed by atoms with Gasteiger partial charge in [-0.2, -0.15) is 0 Å². The van der Waals surface area contributed by atoms with Crippen LogP contribution >= 0.6 is 0 Å². The Hall–Kier alpha value is -2.42. The van der Waals surface area contributed by atoms with Crippen LogP contribution < -0.4 is 0 Å². The molecule has 0 saturated heterocycles. The highest BCUT2D eigenvalue weighted by Gasteiger charge is 2.06. The zero-order chi connectivity index (χ0) is 14.2. The largest absolute Gasteiger partial charge is 0.469 e. The Morgan fingerprint density at radius 3 is 1.90 bits per heavy atom. The molecule has 0 amide bonds. The summed E-state index contributed by atoms with van der Waals surface area (Å²) in [6, 6.07) is 19.9. The number of nitrogens with zero attached hydrogens (tertiary/aromatic N) is 1. The smallest absolute Gasteiger partial charge is 0.307 e. The summed E-state index contributed by atoms with van der Waals surface area (Å²) in [5, 5.41) is 0. The van der Waals surface area contributed by atoms with Gasteiger partial charge in [-0.3, -0.25) is 9.79 Å². The van der Waals surface area contributed by atoms with E-state index in [1.165, 1.54) is 7.11 Å². The van der Waals surface area contributed by atoms with Gasteiger partial charge in [-0.25, -0.2) is 0 Å². The predicted molar refractivity (Wildman–Crippen MR) is 80.0 cm³/mol. The third kappa shape index (κ3) is 3.79. The van der Waals surface area contributed by atoms with Gasteiger partial charge in [0.2, 0.25) is 0 Å². The number of carbonyl (C=O) groups excluding carboxylic acids is 1. The van der Waals surface area contributed by atoms with Crippen molar-refractivity contribution in [3.63, 3.8) is 0 Å². The highest BCUT2D eigenvalue weighted by atomic mass is 16.5. The molecule has 0 atom stereocenters. The fraction of sp³-hybridized carbons (Fsp3) is 0.176. The van der Waals surface area contributed by atoms with E-state index in [4.69, 9.17) is 0 Å². The Morgan fingerprint density at radius 2 is 1.45 bits per heavy atom. The van der Waals surface area contributed by atoms with Gasteiger partial charge in [0, 0.05) is 11.1 Å². The molecule has 0 unspecified atom stereocenters. The normalized spacial score (nSPS) is 9.85. The molecule has 0 radical (unpaired) electrons. The summed E-state index contributed by atoms with van der Waals surface area (Å²) < 4.78 is 4.64. The molecule has 0 bridgehead atoms. The Kier molecular flexibility index (Phi) is 5.07. The third-order valence-corrected chi connectivity index (χ3v) is 2.91. The van der Waals surface area contributed by atoms with E-state index < -0.39 is 0 Å². The van der Waals surface area contributed by atoms with Crippen molar-refractivity contribution in [2.45, 2.75) is 6.42 Å². The first-order valence-electron chi connectivity index (χ1n) is 6.53. The summed E-state index contributed by atoms with van der Waals surface area (Å²) in [4.78, 5) is 15.7. The number of ether oxygens (including phenoxy) is 1. The van der Waals surface area contributed by atoms with Crippen LogP contribution in [-0.2, 0) is 9.53 Å². The van der Waals surface area contributed by atoms with Crippen molar-refractivity contribution >= 4 is 11.7 Å². The lowest BCUT2D eigenvalue weighted by atomic mass is 10.0. The molecule has 20 heavy (non-hydrogen) atoms. The molecular formula is C17H17NO2. The molecule has 3 nitrogen and oxygen atoms in total. The Balaban J connectivity index is 2.26. The van der Waals surface area contributed by atoms with E-state index in [0.29, 0.717) is 13.0 Å². The van der Waals surface area contributed by atoms with E-state index in [1.807, 2.05) is 60.7 Å². The monoisotopic (exact) mass is 267 g/mol. The quantitative estimate of drug-likeness (QED) is 0.617. The van der Waals surface area contributed by atoms with Crippen LogP contribution in [0.3, 0.4) is 0 Å². The minimum atomic E-state index is -0.241. The predicted octanol–water partition coefficient (Wildman–Crippen LogP) is 3.09. The lowest BCUT2D eigenvalue weighted by molar-refractivity contribution is -0.140. The summed E-state index contributed by atoms with van der Waals surface area (Å²) >= 11 is 0. The zero-order valence-electron chi connectivity index (χ0n) is 11.5. The molecule has 0 heterocycles. The average molecular weight is 267 g/mol. The molecule has 2 aromatic rings. The molecule has 0 aliphatic carbocycles. The standard InChI is InChI=1S/C17H17NO2/c1-20-16(19)12-13-18-17(14-8-4-2-5-9-14)15-10-6-3-7-11-15/h2-11H,12-13H2,1H3. The van der Waals surface area contributed by atoms with Crippen LogP contribution in [0.2, 0.25) is 0 Å². The molecule has 0 N–H and O–H groups in total. The van der Waals surface area contributed by atoms with Crippen molar-refractivity contribution in [2.75, 3.05) is 13.7 Å². The summed E-state index contributed by atoms with van der Waals surface area (Å²) in [5.74, 6) is -0.241. The second kappa shape index (κ2) is 7.24. The second-order valence-corrected chi connectivity index (χ2v) is 4.29. The van der Waals surface area contributed by atoms with Gasteiger partial charge in [-0.1, -0.05) is 60.7 Å². The molecular weight excluding hydrogens is 250 g/mol. The highest BCUT2D eigenvalue weighted by Crippen LogP contribution is 2.11. The lowest BCUT2D eigenvalue weighted by Crippen LogP contribution is -2.07. The van der Waals surface area contributed by atoms with Gasteiger partial charge in [0.15, 0.2) is 0 Å². The van der Waals surface area contributed by atoms with Crippen LogP contribution in [0, 0.1) is 0 Å². The number of benzene rings is 2. The van der Waals surface area contributed by atoms with Crippen molar-refractivity contribution in [3.8, 4) is 0 Å². The SMILES string of the molecule is COC(=O)CCN=C(c1ccccc1)c1ccccc1. The summed E-state index contributed by atoms with van der Waals surface area (Å²) in [6.07, 6.45) is 0.291. The van der Waals surface area contributed by atoms with Gasteiger partial charge in [-0.05, 0) is 0 Å². The number of aliphatic imine (C=N–C) groups is 1. The van der Waals surface area contributed by atoms with E-state index in [2.05, 4.69) is 9.73 Å². The second-order valence-electron chi connectivity index (χ2n) is 4.29. The minimum absolute atomic E-state index is 0.241. The van der Waals surface area contributed by atoms with E-state index in [9.17, 15) is 4.79 Å². The number of methoxy groups -OCH3 is 1. The van der Waals surface area contributed by atoms with Crippen LogP contribution in [0.15, 0.2) is 65.7 Å². The molecule has 3 heteroatoms. The van der Waals surface area contributed by atoms with Gasteiger partial charge < -0.3 is 4.74 Å². The first kappa shape index (κ1) is 14.0. The van der Waals surface area contributed by atoms with Crippen molar-refractivity contribution in [1.82, 2.24) is 0 Å². The third-order valence-electron chi connectivity index (χ3n) is 2.91. The number of rotatable bonds is 5. The molecule has 0 aromatic heterocycles. The van der Waals surface area contributed by atoms with E-state index in [0.717, 1.165) is 16.8 Å². The van der Waals surface area contributed by atoms with Gasteiger partial charge in [0.1, 0.15) is 0 Å². The number of hydrogen-bond acceptors (Lipinski definition) is 3. The topological polar surface area (TPSA) is 38.7 Å². The van der Waals surface area contributed by atoms with Crippen molar-refractivity contribution in [1.29, 1.82) is 0 Å². The highest BCUT2D eigenvalue weighted by molar-refractivity contribution is 6.12. The molecule has 0 fully saturated rings. The maximum Gasteiger partial charge on any atom is 0.307 e. The van der Waals surface area contributed by atoms with Crippen molar-refractivity contribution in [3.05, 3.63) is 71.8 Å². The molecule has 2 rings (SSSR count). The van der Waals surface area contributed by atoms with Crippen LogP contribution in [-0.4, -0.2) is 25.3 Å². The lowest BCUT2D eigenvalue weighted by Gasteiger charge is -2.07. The van der Waals surface area contributed by atoms with Crippen LogP contribution in [0.25, 0.3) is 0 Å². The molecule has 2 aromatic carbocycles. The fourth-order valence-corrected chi connectivity index (χ4v) is 1.90. The Labute approximate surface area is 118 Å². The molecule has 0 saturated carbocycles. The first-order chi connectivity index (χ1) is 9.81. The van der Waals surface area contributed by atoms with Crippen molar-refractivity contribution < 1.29 is 9.53 Å². The Morgan fingerprint density at radius 1 is 0.950 bits per heavy atom. The van der Waals surface area contributed by atoms with E-state index in [1.54, 1.807) is 0 Å². The average Bonchev–Trinajstić information content (AvgIpc) is 2.53. The first-order valence-corrected chi connectivity index (χ1v) is 6.53. The van der Waals surface area contributed by atoms with Gasteiger partial charge in [-0.15, -0.1) is 0 Å². The van der Waals surface area contributed by atoms with Gasteiger partial charge in [0.05, 0.1) is 25.8 Å². The molecule has 0 aliphatic rings. The molecule has 0 aliphatic heterocycles. The summed E-state index contributed by atoms with van der Waals surface area (Å²) in [7, 11) is 1.39.